The van der Waals surface area contributed by atoms with Crippen LogP contribution in [0.5, 0.6) is 0 Å². The molecule has 0 radical (unpaired) electrons. The van der Waals surface area contributed by atoms with Crippen molar-refractivity contribution in [2.75, 3.05) is 6.54 Å². The monoisotopic (exact) mass is 255 g/mol. The van der Waals surface area contributed by atoms with Gasteiger partial charge in [0.15, 0.2) is 0 Å². The predicted octanol–water partition coefficient (Wildman–Crippen LogP) is 2.88. The summed E-state index contributed by atoms with van der Waals surface area (Å²) in [5.74, 6) is -1.19. The highest BCUT2D eigenvalue weighted by molar-refractivity contribution is 5.80. The Kier molecular flexibility index (Phi) is 11.3. The molecule has 0 aliphatic carbocycles. The largest absolute Gasteiger partial charge is 0.480 e. The Hall–Kier alpha value is -1.32. The zero-order valence-corrected chi connectivity index (χ0v) is 11.3. The molecule has 2 N–H and O–H groups in total. The Bertz CT molecular complexity index is 262. The molecule has 0 spiro atoms. The van der Waals surface area contributed by atoms with E-state index in [-0.39, 0.29) is 12.5 Å². The summed E-state index contributed by atoms with van der Waals surface area (Å²) in [4.78, 5) is 21.4. The van der Waals surface area contributed by atoms with Crippen LogP contribution in [0.4, 0.5) is 0 Å². The molecule has 0 saturated carbocycles. The quantitative estimate of drug-likeness (QED) is 0.440. The van der Waals surface area contributed by atoms with Gasteiger partial charge in [0.2, 0.25) is 5.91 Å². The summed E-state index contributed by atoms with van der Waals surface area (Å²) in [5, 5.41) is 10.7. The first-order chi connectivity index (χ1) is 8.66. The molecule has 0 saturated heterocycles. The summed E-state index contributed by atoms with van der Waals surface area (Å²) in [6, 6.07) is 0. The van der Waals surface area contributed by atoms with Crippen LogP contribution in [0.25, 0.3) is 0 Å². The van der Waals surface area contributed by atoms with Crippen LogP contribution in [0.3, 0.4) is 0 Å². The lowest BCUT2D eigenvalue weighted by atomic mass is 10.1. The highest BCUT2D eigenvalue weighted by Crippen LogP contribution is 2.04. The average Bonchev–Trinajstić information content (AvgIpc) is 2.34. The van der Waals surface area contributed by atoms with Crippen molar-refractivity contribution in [2.24, 2.45) is 0 Å². The van der Waals surface area contributed by atoms with Crippen molar-refractivity contribution >= 4 is 11.9 Å². The molecule has 0 unspecified atom stereocenters. The van der Waals surface area contributed by atoms with Crippen molar-refractivity contribution in [3.05, 3.63) is 12.2 Å². The standard InChI is InChI=1S/C14H25NO3/c1-2-3-4-5-6-7-8-9-10-11-13(16)15-12-14(17)18/h7-8H,2-6,9-12H2,1H3,(H,15,16)(H,17,18)/b8-7-. The minimum atomic E-state index is -1.00. The van der Waals surface area contributed by atoms with Gasteiger partial charge in [-0.1, -0.05) is 38.3 Å². The summed E-state index contributed by atoms with van der Waals surface area (Å²) < 4.78 is 0. The molecule has 4 heteroatoms. The molecule has 0 heterocycles. The van der Waals surface area contributed by atoms with E-state index in [1.807, 2.05) is 0 Å². The number of carboxylic acids is 1. The van der Waals surface area contributed by atoms with E-state index in [1.165, 1.54) is 25.7 Å². The van der Waals surface area contributed by atoms with Crippen LogP contribution in [0.2, 0.25) is 0 Å². The molecule has 18 heavy (non-hydrogen) atoms. The fourth-order valence-electron chi connectivity index (χ4n) is 1.57. The third-order valence-electron chi connectivity index (χ3n) is 2.60. The topological polar surface area (TPSA) is 66.4 Å². The average molecular weight is 255 g/mol. The van der Waals surface area contributed by atoms with Gasteiger partial charge in [0.1, 0.15) is 6.54 Å². The lowest BCUT2D eigenvalue weighted by molar-refractivity contribution is -0.137. The van der Waals surface area contributed by atoms with Crippen LogP contribution >= 0.6 is 0 Å². The minimum Gasteiger partial charge on any atom is -0.480 e. The first kappa shape index (κ1) is 16.7. The van der Waals surface area contributed by atoms with Crippen molar-refractivity contribution in [3.63, 3.8) is 0 Å². The Labute approximate surface area is 109 Å². The Morgan fingerprint density at radius 2 is 1.72 bits per heavy atom. The number of hydrogen-bond donors (Lipinski definition) is 2. The maximum atomic E-state index is 11.2. The molecule has 0 aromatic carbocycles. The van der Waals surface area contributed by atoms with Gasteiger partial charge >= 0.3 is 5.97 Å². The molecule has 0 rings (SSSR count). The first-order valence-corrected chi connectivity index (χ1v) is 6.80. The molecule has 0 fully saturated rings. The molecule has 104 valence electrons. The molecule has 1 amide bonds. The number of allylic oxidation sites excluding steroid dienone is 2. The van der Waals surface area contributed by atoms with Gasteiger partial charge in [0.05, 0.1) is 0 Å². The van der Waals surface area contributed by atoms with Gasteiger partial charge < -0.3 is 10.4 Å². The van der Waals surface area contributed by atoms with Crippen LogP contribution in [0.1, 0.15) is 58.3 Å². The smallest absolute Gasteiger partial charge is 0.322 e. The highest BCUT2D eigenvalue weighted by Gasteiger charge is 2.02. The lowest BCUT2D eigenvalue weighted by Crippen LogP contribution is -2.28. The third kappa shape index (κ3) is 12.7. The SMILES string of the molecule is CCCCCC/C=C\CCCC(=O)NCC(=O)O. The van der Waals surface area contributed by atoms with Crippen molar-refractivity contribution < 1.29 is 14.7 Å². The van der Waals surface area contributed by atoms with Crippen LogP contribution in [-0.4, -0.2) is 23.5 Å². The minimum absolute atomic E-state index is 0.186. The summed E-state index contributed by atoms with van der Waals surface area (Å²) in [5.41, 5.74) is 0. The first-order valence-electron chi connectivity index (χ1n) is 6.80. The number of nitrogens with one attached hydrogen (secondary N) is 1. The van der Waals surface area contributed by atoms with Gasteiger partial charge in [0, 0.05) is 6.42 Å². The number of amides is 1. The molecular weight excluding hydrogens is 230 g/mol. The number of carbonyl (C=O) groups is 2. The highest BCUT2D eigenvalue weighted by atomic mass is 16.4. The lowest BCUT2D eigenvalue weighted by Gasteiger charge is -2.00. The van der Waals surface area contributed by atoms with E-state index in [0.29, 0.717) is 6.42 Å². The van der Waals surface area contributed by atoms with Crippen molar-refractivity contribution in [2.45, 2.75) is 58.3 Å². The number of aliphatic carboxylic acids is 1. The van der Waals surface area contributed by atoms with E-state index in [0.717, 1.165) is 19.3 Å². The molecule has 0 atom stereocenters. The predicted molar refractivity (Wildman–Crippen MR) is 72.4 cm³/mol. The van der Waals surface area contributed by atoms with Gasteiger partial charge in [0.25, 0.3) is 0 Å². The van der Waals surface area contributed by atoms with Crippen LogP contribution in [-0.2, 0) is 9.59 Å². The second-order valence-electron chi connectivity index (χ2n) is 4.38. The molecule has 0 aromatic heterocycles. The van der Waals surface area contributed by atoms with Crippen molar-refractivity contribution in [3.8, 4) is 0 Å². The molecule has 0 aromatic rings. The van der Waals surface area contributed by atoms with Gasteiger partial charge in [-0.05, 0) is 25.7 Å². The number of hydrogen-bond acceptors (Lipinski definition) is 2. The second kappa shape index (κ2) is 12.1. The maximum Gasteiger partial charge on any atom is 0.322 e. The van der Waals surface area contributed by atoms with Gasteiger partial charge in [-0.2, -0.15) is 0 Å². The molecule has 0 aliphatic heterocycles. The fraction of sp³-hybridized carbons (Fsp3) is 0.714. The Morgan fingerprint density at radius 1 is 1.06 bits per heavy atom. The number of carboxylic acid groups (broad SMARTS) is 1. The van der Waals surface area contributed by atoms with E-state index in [2.05, 4.69) is 24.4 Å². The van der Waals surface area contributed by atoms with Crippen molar-refractivity contribution in [1.82, 2.24) is 5.32 Å². The summed E-state index contributed by atoms with van der Waals surface area (Å²) in [7, 11) is 0. The van der Waals surface area contributed by atoms with Crippen molar-refractivity contribution in [1.29, 1.82) is 0 Å². The fourth-order valence-corrected chi connectivity index (χ4v) is 1.57. The second-order valence-corrected chi connectivity index (χ2v) is 4.38. The van der Waals surface area contributed by atoms with Gasteiger partial charge in [-0.15, -0.1) is 0 Å². The zero-order valence-electron chi connectivity index (χ0n) is 11.3. The van der Waals surface area contributed by atoms with Crippen LogP contribution in [0.15, 0.2) is 12.2 Å². The normalized spacial score (nSPS) is 10.7. The van der Waals surface area contributed by atoms with E-state index in [4.69, 9.17) is 5.11 Å². The molecule has 4 nitrogen and oxygen atoms in total. The number of rotatable bonds is 11. The molecule has 0 bridgehead atoms. The maximum absolute atomic E-state index is 11.2. The number of carbonyl (C=O) groups excluding carboxylic acids is 1. The zero-order chi connectivity index (χ0) is 13.6. The third-order valence-corrected chi connectivity index (χ3v) is 2.60. The molecular formula is C14H25NO3. The van der Waals surface area contributed by atoms with E-state index in [9.17, 15) is 9.59 Å². The van der Waals surface area contributed by atoms with Gasteiger partial charge in [-0.3, -0.25) is 9.59 Å². The van der Waals surface area contributed by atoms with Crippen LogP contribution < -0.4 is 5.32 Å². The summed E-state index contributed by atoms with van der Waals surface area (Å²) in [6.07, 6.45) is 12.5. The summed E-state index contributed by atoms with van der Waals surface area (Å²) in [6.45, 7) is 1.91. The Morgan fingerprint density at radius 3 is 2.33 bits per heavy atom. The van der Waals surface area contributed by atoms with E-state index in [1.54, 1.807) is 0 Å². The van der Waals surface area contributed by atoms with Crippen LogP contribution in [0, 0.1) is 0 Å². The Balaban J connectivity index is 3.30. The van der Waals surface area contributed by atoms with E-state index >= 15 is 0 Å². The number of unbranched alkanes of at least 4 members (excludes halogenated alkanes) is 5. The van der Waals surface area contributed by atoms with Gasteiger partial charge in [-0.25, -0.2) is 0 Å². The molecule has 0 aliphatic rings. The van der Waals surface area contributed by atoms with E-state index < -0.39 is 5.97 Å². The summed E-state index contributed by atoms with van der Waals surface area (Å²) >= 11 is 0.